The second-order valence-corrected chi connectivity index (χ2v) is 6.92. The van der Waals surface area contributed by atoms with E-state index in [1.807, 2.05) is 0 Å². The van der Waals surface area contributed by atoms with Crippen LogP contribution in [0, 0.1) is 0 Å². The molecule has 2 saturated heterocycles. The molecule has 0 aliphatic carbocycles. The van der Waals surface area contributed by atoms with Gasteiger partial charge in [0.15, 0.2) is 6.29 Å². The van der Waals surface area contributed by atoms with Gasteiger partial charge in [-0.25, -0.2) is 4.79 Å². The summed E-state index contributed by atoms with van der Waals surface area (Å²) in [4.78, 5) is 12.0. The van der Waals surface area contributed by atoms with E-state index in [-0.39, 0.29) is 0 Å². The van der Waals surface area contributed by atoms with Gasteiger partial charge < -0.3 is 65.3 Å². The molecule has 0 aromatic heterocycles. The van der Waals surface area contributed by atoms with E-state index < -0.39 is 92.6 Å². The number of hydrogen-bond acceptors (Lipinski definition) is 13. The summed E-state index contributed by atoms with van der Waals surface area (Å²) in [6.45, 7) is -3.13. The smallest absolute Gasteiger partial charge is 0.341 e. The SMILES string of the molecule is O=C(O)C(CO)(OC1O[C@H](CO)[C@@H](O)[C@H](O)[C@H]1O)C1O[C@H](CO)[C@@H](O)[C@H](O)[C@H]1O. The highest BCUT2D eigenvalue weighted by Gasteiger charge is 2.60. The lowest BCUT2D eigenvalue weighted by atomic mass is 9.84. The lowest BCUT2D eigenvalue weighted by Crippen LogP contribution is -2.71. The number of aliphatic hydroxyl groups excluding tert-OH is 9. The second-order valence-electron chi connectivity index (χ2n) is 6.92. The van der Waals surface area contributed by atoms with Crippen LogP contribution in [0.1, 0.15) is 0 Å². The van der Waals surface area contributed by atoms with Gasteiger partial charge in [0.2, 0.25) is 5.60 Å². The Morgan fingerprint density at radius 3 is 1.69 bits per heavy atom. The maximum absolute atomic E-state index is 12.0. The van der Waals surface area contributed by atoms with E-state index in [1.165, 1.54) is 0 Å². The van der Waals surface area contributed by atoms with Crippen molar-refractivity contribution in [3.63, 3.8) is 0 Å². The minimum absolute atomic E-state index is 0.843. The standard InChI is InChI=1S/C15H26O14/c16-1-4-6(19)8(21)10(23)12(27-4)15(3-18,14(25)26)29-13-11(24)9(22)7(20)5(2-17)28-13/h4-13,16-24H,1-3H2,(H,25,26)/t4-,5-,6-,7-,8+,9+,10-,11-,12?,13?,15?/m1/s1. The van der Waals surface area contributed by atoms with Gasteiger partial charge in [0.05, 0.1) is 19.8 Å². The minimum Gasteiger partial charge on any atom is -0.479 e. The lowest BCUT2D eigenvalue weighted by molar-refractivity contribution is -0.354. The quantitative estimate of drug-likeness (QED) is 0.180. The minimum atomic E-state index is -2.92. The first-order chi connectivity index (χ1) is 13.5. The molecule has 0 bridgehead atoms. The van der Waals surface area contributed by atoms with Gasteiger partial charge in [0.1, 0.15) is 54.9 Å². The fourth-order valence-electron chi connectivity index (χ4n) is 3.29. The summed E-state index contributed by atoms with van der Waals surface area (Å²) in [5.41, 5.74) is -2.92. The fraction of sp³-hybridized carbons (Fsp3) is 0.933. The Morgan fingerprint density at radius 2 is 1.24 bits per heavy atom. The van der Waals surface area contributed by atoms with Crippen molar-refractivity contribution < 1.29 is 70.1 Å². The maximum Gasteiger partial charge on any atom is 0.341 e. The topological polar surface area (TPSA) is 247 Å². The van der Waals surface area contributed by atoms with Crippen molar-refractivity contribution in [1.29, 1.82) is 0 Å². The molecule has 0 aromatic carbocycles. The number of aliphatic hydroxyl groups is 9. The predicted molar refractivity (Wildman–Crippen MR) is 86.1 cm³/mol. The summed E-state index contributed by atoms with van der Waals surface area (Å²) < 4.78 is 15.4. The van der Waals surface area contributed by atoms with E-state index in [0.29, 0.717) is 0 Å². The Kier molecular flexibility index (Phi) is 7.88. The van der Waals surface area contributed by atoms with Gasteiger partial charge in [-0.1, -0.05) is 0 Å². The van der Waals surface area contributed by atoms with E-state index in [4.69, 9.17) is 14.2 Å². The van der Waals surface area contributed by atoms with Gasteiger partial charge in [0.25, 0.3) is 0 Å². The van der Waals surface area contributed by atoms with Gasteiger partial charge in [0, 0.05) is 0 Å². The summed E-state index contributed by atoms with van der Waals surface area (Å²) in [6.07, 6.45) is -18.8. The van der Waals surface area contributed by atoms with Gasteiger partial charge in [-0.3, -0.25) is 0 Å². The molecule has 0 amide bonds. The first kappa shape index (κ1) is 24.3. The first-order valence-electron chi connectivity index (χ1n) is 8.68. The highest BCUT2D eigenvalue weighted by molar-refractivity contribution is 5.79. The Balaban J connectivity index is 2.38. The highest BCUT2D eigenvalue weighted by Crippen LogP contribution is 2.34. The van der Waals surface area contributed by atoms with Crippen LogP contribution in [0.3, 0.4) is 0 Å². The molecule has 0 spiro atoms. The Morgan fingerprint density at radius 1 is 0.759 bits per heavy atom. The van der Waals surface area contributed by atoms with Crippen LogP contribution in [-0.2, 0) is 19.0 Å². The number of carbonyl (C=O) groups is 1. The Bertz CT molecular complexity index is 557. The van der Waals surface area contributed by atoms with Crippen LogP contribution in [0.4, 0.5) is 0 Å². The van der Waals surface area contributed by atoms with Crippen molar-refractivity contribution in [3.05, 3.63) is 0 Å². The zero-order valence-corrected chi connectivity index (χ0v) is 15.0. The molecule has 11 atom stereocenters. The maximum atomic E-state index is 12.0. The van der Waals surface area contributed by atoms with Crippen molar-refractivity contribution in [1.82, 2.24) is 0 Å². The first-order valence-corrected chi connectivity index (χ1v) is 8.68. The molecule has 2 fully saturated rings. The van der Waals surface area contributed by atoms with E-state index in [2.05, 4.69) is 0 Å². The van der Waals surface area contributed by atoms with Gasteiger partial charge in [-0.05, 0) is 0 Å². The van der Waals surface area contributed by atoms with Gasteiger partial charge >= 0.3 is 5.97 Å². The Labute approximate surface area is 163 Å². The van der Waals surface area contributed by atoms with E-state index >= 15 is 0 Å². The molecule has 2 heterocycles. The fourth-order valence-corrected chi connectivity index (χ4v) is 3.29. The molecule has 14 nitrogen and oxygen atoms in total. The number of ether oxygens (including phenoxy) is 3. The zero-order valence-electron chi connectivity index (χ0n) is 15.0. The second kappa shape index (κ2) is 9.42. The number of carboxylic acids is 1. The number of carboxylic acid groups (broad SMARTS) is 1. The highest BCUT2D eigenvalue weighted by atomic mass is 16.7. The van der Waals surface area contributed by atoms with Crippen LogP contribution < -0.4 is 0 Å². The van der Waals surface area contributed by atoms with E-state index in [0.717, 1.165) is 0 Å². The molecule has 170 valence electrons. The monoisotopic (exact) mass is 430 g/mol. The number of rotatable bonds is 7. The average molecular weight is 430 g/mol. The summed E-state index contributed by atoms with van der Waals surface area (Å²) in [5.74, 6) is -1.94. The summed E-state index contributed by atoms with van der Waals surface area (Å²) in [6, 6.07) is 0. The average Bonchev–Trinajstić information content (AvgIpc) is 2.70. The zero-order chi connectivity index (χ0) is 22.1. The van der Waals surface area contributed by atoms with Crippen LogP contribution in [0.5, 0.6) is 0 Å². The van der Waals surface area contributed by atoms with Crippen LogP contribution in [0.15, 0.2) is 0 Å². The molecule has 2 rings (SSSR count). The summed E-state index contributed by atoms with van der Waals surface area (Å²) in [7, 11) is 0. The lowest BCUT2D eigenvalue weighted by Gasteiger charge is -2.48. The third-order valence-electron chi connectivity index (χ3n) is 5.12. The molecule has 14 heteroatoms. The Hall–Kier alpha value is -1.01. The van der Waals surface area contributed by atoms with Gasteiger partial charge in [-0.2, -0.15) is 0 Å². The largest absolute Gasteiger partial charge is 0.479 e. The third kappa shape index (κ3) is 4.25. The molecule has 0 radical (unpaired) electrons. The molecule has 0 aromatic rings. The number of hydrogen-bond donors (Lipinski definition) is 10. The summed E-state index contributed by atoms with van der Waals surface area (Å²) in [5, 5.41) is 97.6. The molecule has 0 saturated carbocycles. The van der Waals surface area contributed by atoms with Crippen LogP contribution >= 0.6 is 0 Å². The molecule has 3 unspecified atom stereocenters. The molecule has 29 heavy (non-hydrogen) atoms. The normalized spacial score (nSPS) is 45.6. The van der Waals surface area contributed by atoms with Crippen molar-refractivity contribution >= 4 is 5.97 Å². The molecular weight excluding hydrogens is 404 g/mol. The van der Waals surface area contributed by atoms with Crippen LogP contribution in [0.2, 0.25) is 0 Å². The van der Waals surface area contributed by atoms with Crippen LogP contribution in [0.25, 0.3) is 0 Å². The molecular formula is C15H26O14. The molecule has 2 aliphatic rings. The van der Waals surface area contributed by atoms with Crippen molar-refractivity contribution in [3.8, 4) is 0 Å². The van der Waals surface area contributed by atoms with E-state index in [9.17, 15) is 55.9 Å². The van der Waals surface area contributed by atoms with Crippen molar-refractivity contribution in [2.75, 3.05) is 19.8 Å². The third-order valence-corrected chi connectivity index (χ3v) is 5.12. The number of aliphatic carboxylic acids is 1. The summed E-state index contributed by atoms with van der Waals surface area (Å²) >= 11 is 0. The van der Waals surface area contributed by atoms with Crippen LogP contribution in [-0.4, -0.2) is 144 Å². The van der Waals surface area contributed by atoms with Crippen molar-refractivity contribution in [2.45, 2.75) is 66.8 Å². The molecule has 10 N–H and O–H groups in total. The van der Waals surface area contributed by atoms with Crippen molar-refractivity contribution in [2.24, 2.45) is 0 Å². The van der Waals surface area contributed by atoms with Gasteiger partial charge in [-0.15, -0.1) is 0 Å². The molecule has 2 aliphatic heterocycles. The predicted octanol–water partition coefficient (Wildman–Crippen LogP) is -6.54. The van der Waals surface area contributed by atoms with E-state index in [1.54, 1.807) is 0 Å².